The molecule has 3 heteroatoms. The second-order valence-electron chi connectivity index (χ2n) is 6.78. The van der Waals surface area contributed by atoms with Crippen molar-refractivity contribution in [2.45, 2.75) is 76.0 Å². The molecule has 110 valence electrons. The van der Waals surface area contributed by atoms with Crippen LogP contribution in [-0.2, 0) is 0 Å². The maximum Gasteiger partial charge on any atom is 0.0695 e. The molecular formula is C16H30N2O. The second-order valence-corrected chi connectivity index (χ2v) is 6.78. The van der Waals surface area contributed by atoms with Gasteiger partial charge >= 0.3 is 0 Å². The summed E-state index contributed by atoms with van der Waals surface area (Å²) in [4.78, 5) is 5.30. The lowest BCUT2D eigenvalue weighted by Crippen LogP contribution is -2.56. The number of piperazine rings is 1. The Morgan fingerprint density at radius 1 is 0.632 bits per heavy atom. The van der Waals surface area contributed by atoms with E-state index in [4.69, 9.17) is 0 Å². The monoisotopic (exact) mass is 266 g/mol. The number of hydrogen-bond acceptors (Lipinski definition) is 3. The van der Waals surface area contributed by atoms with Crippen LogP contribution >= 0.6 is 0 Å². The standard InChI is InChI=1S/C16H30N2O/c19-16-9-5-4-8-15(16)18-12-10-17(11-13-18)14-6-2-1-3-7-14/h14-16,19H,1-13H2/t15-,16-/m0/s1. The third-order valence-corrected chi connectivity index (χ3v) is 5.60. The van der Waals surface area contributed by atoms with Gasteiger partial charge in [-0.3, -0.25) is 9.80 Å². The summed E-state index contributed by atoms with van der Waals surface area (Å²) in [6.07, 6.45) is 11.9. The van der Waals surface area contributed by atoms with Crippen LogP contribution in [0, 0.1) is 0 Å². The van der Waals surface area contributed by atoms with Crippen LogP contribution in [0.5, 0.6) is 0 Å². The summed E-state index contributed by atoms with van der Waals surface area (Å²) in [7, 11) is 0. The lowest BCUT2D eigenvalue weighted by molar-refractivity contribution is -0.0136. The van der Waals surface area contributed by atoms with E-state index in [9.17, 15) is 5.11 Å². The summed E-state index contributed by atoms with van der Waals surface area (Å²) < 4.78 is 0. The smallest absolute Gasteiger partial charge is 0.0695 e. The average Bonchev–Trinajstić information content (AvgIpc) is 2.49. The van der Waals surface area contributed by atoms with E-state index in [-0.39, 0.29) is 6.10 Å². The van der Waals surface area contributed by atoms with Gasteiger partial charge in [-0.1, -0.05) is 32.1 Å². The van der Waals surface area contributed by atoms with Crippen molar-refractivity contribution in [3.05, 3.63) is 0 Å². The maximum absolute atomic E-state index is 10.2. The van der Waals surface area contributed by atoms with E-state index in [0.29, 0.717) is 6.04 Å². The Bertz CT molecular complexity index is 270. The SMILES string of the molecule is O[C@H]1CCCC[C@@H]1N1CCN(C2CCCCC2)CC1. The van der Waals surface area contributed by atoms with Gasteiger partial charge in [0.25, 0.3) is 0 Å². The van der Waals surface area contributed by atoms with Gasteiger partial charge in [0.15, 0.2) is 0 Å². The van der Waals surface area contributed by atoms with E-state index in [1.54, 1.807) is 0 Å². The zero-order valence-corrected chi connectivity index (χ0v) is 12.3. The van der Waals surface area contributed by atoms with Gasteiger partial charge in [-0.2, -0.15) is 0 Å². The van der Waals surface area contributed by atoms with E-state index in [2.05, 4.69) is 9.80 Å². The molecule has 3 aliphatic rings. The second kappa shape index (κ2) is 6.55. The van der Waals surface area contributed by atoms with Crippen LogP contribution in [0.4, 0.5) is 0 Å². The minimum Gasteiger partial charge on any atom is -0.391 e. The molecule has 3 rings (SSSR count). The molecule has 0 unspecified atom stereocenters. The van der Waals surface area contributed by atoms with Crippen LogP contribution in [0.3, 0.4) is 0 Å². The first kappa shape index (κ1) is 13.8. The minimum absolute atomic E-state index is 0.0602. The minimum atomic E-state index is -0.0602. The van der Waals surface area contributed by atoms with Crippen molar-refractivity contribution in [2.75, 3.05) is 26.2 Å². The van der Waals surface area contributed by atoms with Crippen molar-refractivity contribution in [3.8, 4) is 0 Å². The number of aliphatic hydroxyl groups excluding tert-OH is 1. The van der Waals surface area contributed by atoms with Gasteiger partial charge in [0.2, 0.25) is 0 Å². The predicted molar refractivity (Wildman–Crippen MR) is 78.3 cm³/mol. The lowest BCUT2D eigenvalue weighted by Gasteiger charge is -2.45. The molecule has 3 nitrogen and oxygen atoms in total. The summed E-state index contributed by atoms with van der Waals surface area (Å²) in [6.45, 7) is 4.82. The highest BCUT2D eigenvalue weighted by atomic mass is 16.3. The van der Waals surface area contributed by atoms with Gasteiger partial charge in [-0.25, -0.2) is 0 Å². The van der Waals surface area contributed by atoms with Crippen LogP contribution in [0.15, 0.2) is 0 Å². The van der Waals surface area contributed by atoms with Crippen LogP contribution < -0.4 is 0 Å². The normalized spacial score (nSPS) is 36.5. The molecule has 0 bridgehead atoms. The molecule has 0 aromatic heterocycles. The molecule has 1 N–H and O–H groups in total. The van der Waals surface area contributed by atoms with Gasteiger partial charge < -0.3 is 5.11 Å². The first-order valence-corrected chi connectivity index (χ1v) is 8.51. The van der Waals surface area contributed by atoms with Crippen molar-refractivity contribution in [3.63, 3.8) is 0 Å². The summed E-state index contributed by atoms with van der Waals surface area (Å²) in [6, 6.07) is 1.33. The van der Waals surface area contributed by atoms with E-state index < -0.39 is 0 Å². The van der Waals surface area contributed by atoms with E-state index >= 15 is 0 Å². The Morgan fingerprint density at radius 2 is 1.21 bits per heavy atom. The summed E-state index contributed by atoms with van der Waals surface area (Å²) in [5.74, 6) is 0. The van der Waals surface area contributed by atoms with Crippen LogP contribution in [0.25, 0.3) is 0 Å². The largest absolute Gasteiger partial charge is 0.391 e. The van der Waals surface area contributed by atoms with Gasteiger partial charge in [0.05, 0.1) is 6.10 Å². The number of aliphatic hydroxyl groups is 1. The van der Waals surface area contributed by atoms with Crippen molar-refractivity contribution in [1.29, 1.82) is 0 Å². The number of hydrogen-bond donors (Lipinski definition) is 1. The van der Waals surface area contributed by atoms with Crippen LogP contribution in [0.1, 0.15) is 57.8 Å². The maximum atomic E-state index is 10.2. The molecule has 0 amide bonds. The lowest BCUT2D eigenvalue weighted by atomic mass is 9.90. The van der Waals surface area contributed by atoms with E-state index in [1.165, 1.54) is 77.5 Å². The summed E-state index contributed by atoms with van der Waals surface area (Å²) in [5.41, 5.74) is 0. The molecule has 0 radical (unpaired) electrons. The fourth-order valence-electron chi connectivity index (χ4n) is 4.40. The van der Waals surface area contributed by atoms with Gasteiger partial charge in [-0.15, -0.1) is 0 Å². The Morgan fingerprint density at radius 3 is 1.89 bits per heavy atom. The first-order valence-electron chi connectivity index (χ1n) is 8.51. The molecule has 2 aliphatic carbocycles. The Labute approximate surface area is 118 Å². The Kier molecular flexibility index (Phi) is 4.78. The predicted octanol–water partition coefficient (Wildman–Crippen LogP) is 2.24. The fraction of sp³-hybridized carbons (Fsp3) is 1.00. The highest BCUT2D eigenvalue weighted by Gasteiger charge is 2.32. The third kappa shape index (κ3) is 3.32. The topological polar surface area (TPSA) is 26.7 Å². The molecule has 0 spiro atoms. The quantitative estimate of drug-likeness (QED) is 0.830. The molecule has 0 aromatic rings. The fourth-order valence-corrected chi connectivity index (χ4v) is 4.40. The summed E-state index contributed by atoms with van der Waals surface area (Å²) in [5, 5.41) is 10.2. The summed E-state index contributed by atoms with van der Waals surface area (Å²) >= 11 is 0. The van der Waals surface area contributed by atoms with Crippen molar-refractivity contribution in [2.24, 2.45) is 0 Å². The third-order valence-electron chi connectivity index (χ3n) is 5.60. The van der Waals surface area contributed by atoms with Gasteiger partial charge in [0.1, 0.15) is 0 Å². The molecule has 2 atom stereocenters. The van der Waals surface area contributed by atoms with Crippen molar-refractivity contribution in [1.82, 2.24) is 9.80 Å². The highest BCUT2D eigenvalue weighted by molar-refractivity contribution is 4.88. The molecule has 2 saturated carbocycles. The van der Waals surface area contributed by atoms with E-state index in [0.717, 1.165) is 12.5 Å². The molecule has 1 heterocycles. The van der Waals surface area contributed by atoms with Crippen LogP contribution in [0.2, 0.25) is 0 Å². The van der Waals surface area contributed by atoms with Crippen LogP contribution in [-0.4, -0.2) is 59.3 Å². The molecule has 1 saturated heterocycles. The Hall–Kier alpha value is -0.120. The zero-order chi connectivity index (χ0) is 13.1. The molecule has 0 aromatic carbocycles. The van der Waals surface area contributed by atoms with Crippen molar-refractivity contribution < 1.29 is 5.11 Å². The molecule has 1 aliphatic heterocycles. The Balaban J connectivity index is 1.48. The highest BCUT2D eigenvalue weighted by Crippen LogP contribution is 2.27. The molecule has 3 fully saturated rings. The average molecular weight is 266 g/mol. The number of nitrogens with zero attached hydrogens (tertiary/aromatic N) is 2. The van der Waals surface area contributed by atoms with Gasteiger partial charge in [-0.05, 0) is 25.7 Å². The first-order chi connectivity index (χ1) is 9.34. The van der Waals surface area contributed by atoms with E-state index in [1.807, 2.05) is 0 Å². The van der Waals surface area contributed by atoms with Gasteiger partial charge in [0, 0.05) is 38.3 Å². The molecule has 19 heavy (non-hydrogen) atoms. The number of rotatable bonds is 2. The van der Waals surface area contributed by atoms with Crippen molar-refractivity contribution >= 4 is 0 Å². The molecular weight excluding hydrogens is 236 g/mol. The zero-order valence-electron chi connectivity index (χ0n) is 12.3.